The number of pyridine rings is 2. The number of amides is 1. The van der Waals surface area contributed by atoms with Gasteiger partial charge in [-0.25, -0.2) is 0 Å². The number of nitrogens with one attached hydrogen (secondary N) is 2. The van der Waals surface area contributed by atoms with Gasteiger partial charge in [0.25, 0.3) is 5.91 Å². The van der Waals surface area contributed by atoms with Crippen molar-refractivity contribution >= 4 is 28.4 Å². The topological polar surface area (TPSA) is 74.8 Å². The average molecular weight is 314 g/mol. The highest BCUT2D eigenvalue weighted by molar-refractivity contribution is 6.31. The van der Waals surface area contributed by atoms with E-state index < -0.39 is 5.91 Å². The fourth-order valence-corrected chi connectivity index (χ4v) is 2.30. The lowest BCUT2D eigenvalue weighted by molar-refractivity contribution is 0.0949. The monoisotopic (exact) mass is 313 g/mol. The van der Waals surface area contributed by atoms with Crippen LogP contribution in [0.2, 0.25) is 5.02 Å². The number of aromatic nitrogens is 2. The van der Waals surface area contributed by atoms with Gasteiger partial charge >= 0.3 is 0 Å². The number of aromatic amines is 1. The summed E-state index contributed by atoms with van der Waals surface area (Å²) >= 11 is 5.90. The first-order valence-electron chi connectivity index (χ1n) is 6.64. The minimum absolute atomic E-state index is 0.0469. The maximum absolute atomic E-state index is 12.4. The Balaban J connectivity index is 1.88. The first-order valence-corrected chi connectivity index (χ1v) is 7.02. The van der Waals surface area contributed by atoms with Gasteiger partial charge in [0.05, 0.1) is 12.2 Å². The van der Waals surface area contributed by atoms with Crippen LogP contribution >= 0.6 is 11.6 Å². The fourth-order valence-electron chi connectivity index (χ4n) is 2.13. The van der Waals surface area contributed by atoms with E-state index in [1.165, 1.54) is 6.20 Å². The van der Waals surface area contributed by atoms with Crippen LogP contribution in [0.3, 0.4) is 0 Å². The number of carbonyl (C=O) groups is 1. The Morgan fingerprint density at radius 1 is 1.27 bits per heavy atom. The molecule has 3 rings (SSSR count). The maximum Gasteiger partial charge on any atom is 0.257 e. The summed E-state index contributed by atoms with van der Waals surface area (Å²) in [5.74, 6) is -0.450. The Kier molecular flexibility index (Phi) is 3.89. The summed E-state index contributed by atoms with van der Waals surface area (Å²) in [6, 6.07) is 10.4. The highest BCUT2D eigenvalue weighted by atomic mass is 35.5. The van der Waals surface area contributed by atoms with Crippen molar-refractivity contribution in [3.05, 3.63) is 75.3 Å². The van der Waals surface area contributed by atoms with E-state index in [9.17, 15) is 9.59 Å². The van der Waals surface area contributed by atoms with E-state index in [2.05, 4.69) is 15.3 Å². The van der Waals surface area contributed by atoms with Gasteiger partial charge in [0.15, 0.2) is 0 Å². The number of H-pyrrole nitrogens is 1. The lowest BCUT2D eigenvalue weighted by Crippen LogP contribution is -2.28. The number of fused-ring (bicyclic) bond motifs is 1. The second kappa shape index (κ2) is 5.99. The van der Waals surface area contributed by atoms with Crippen LogP contribution in [-0.2, 0) is 6.54 Å². The number of nitrogens with zero attached hydrogens (tertiary/aromatic N) is 1. The van der Waals surface area contributed by atoms with Gasteiger partial charge in [-0.2, -0.15) is 0 Å². The Morgan fingerprint density at radius 3 is 2.91 bits per heavy atom. The zero-order chi connectivity index (χ0) is 15.5. The SMILES string of the molecule is O=C(NCc1ccccn1)c1c[nH]c2ccc(Cl)cc2c1=O. The quantitative estimate of drug-likeness (QED) is 0.780. The van der Waals surface area contributed by atoms with Crippen LogP contribution in [0, 0.1) is 0 Å². The van der Waals surface area contributed by atoms with Crippen molar-refractivity contribution in [3.8, 4) is 0 Å². The Bertz CT molecular complexity index is 891. The molecule has 2 N–H and O–H groups in total. The number of benzene rings is 1. The van der Waals surface area contributed by atoms with Gasteiger partial charge in [0, 0.05) is 28.3 Å². The van der Waals surface area contributed by atoms with Crippen LogP contribution < -0.4 is 10.7 Å². The molecule has 2 aromatic heterocycles. The molecule has 22 heavy (non-hydrogen) atoms. The summed E-state index contributed by atoms with van der Waals surface area (Å²) in [6.07, 6.45) is 3.05. The molecule has 0 aliphatic carbocycles. The molecule has 5 nitrogen and oxygen atoms in total. The zero-order valence-corrected chi connectivity index (χ0v) is 12.2. The largest absolute Gasteiger partial charge is 0.360 e. The van der Waals surface area contributed by atoms with Gasteiger partial charge in [-0.1, -0.05) is 17.7 Å². The molecule has 110 valence electrons. The highest BCUT2D eigenvalue weighted by Gasteiger charge is 2.13. The van der Waals surface area contributed by atoms with Gasteiger partial charge in [-0.15, -0.1) is 0 Å². The van der Waals surface area contributed by atoms with Gasteiger partial charge in [-0.05, 0) is 30.3 Å². The standard InChI is InChI=1S/C16H12ClN3O2/c17-10-4-5-14-12(7-10)15(21)13(9-19-14)16(22)20-8-11-3-1-2-6-18-11/h1-7,9H,8H2,(H,19,21)(H,20,22). The molecule has 6 heteroatoms. The van der Waals surface area contributed by atoms with Gasteiger partial charge in [-0.3, -0.25) is 14.6 Å². The van der Waals surface area contributed by atoms with Gasteiger partial charge in [0.1, 0.15) is 5.56 Å². The molecule has 0 aliphatic rings. The fraction of sp³-hybridized carbons (Fsp3) is 0.0625. The normalized spacial score (nSPS) is 10.6. The van der Waals surface area contributed by atoms with E-state index in [1.54, 1.807) is 36.5 Å². The highest BCUT2D eigenvalue weighted by Crippen LogP contribution is 2.15. The number of hydrogen-bond donors (Lipinski definition) is 2. The van der Waals surface area contributed by atoms with Crippen molar-refractivity contribution in [3.63, 3.8) is 0 Å². The smallest absolute Gasteiger partial charge is 0.257 e. The lowest BCUT2D eigenvalue weighted by atomic mass is 10.1. The third-order valence-corrected chi connectivity index (χ3v) is 3.48. The Labute approximate surface area is 131 Å². The molecular formula is C16H12ClN3O2. The summed E-state index contributed by atoms with van der Waals surface area (Å²) in [5, 5.41) is 3.52. The predicted molar refractivity (Wildman–Crippen MR) is 85.0 cm³/mol. The van der Waals surface area contributed by atoms with Crippen molar-refractivity contribution in [2.24, 2.45) is 0 Å². The predicted octanol–water partition coefficient (Wildman–Crippen LogP) is 2.51. The number of hydrogen-bond acceptors (Lipinski definition) is 3. The summed E-state index contributed by atoms with van der Waals surface area (Å²) in [7, 11) is 0. The number of halogens is 1. The van der Waals surface area contributed by atoms with Gasteiger partial charge in [0.2, 0.25) is 5.43 Å². The molecule has 0 spiro atoms. The molecular weight excluding hydrogens is 302 g/mol. The van der Waals surface area contributed by atoms with Crippen molar-refractivity contribution in [1.29, 1.82) is 0 Å². The van der Waals surface area contributed by atoms with E-state index in [0.717, 1.165) is 5.69 Å². The lowest BCUT2D eigenvalue weighted by Gasteiger charge is -2.06. The molecule has 0 bridgehead atoms. The first kappa shape index (κ1) is 14.3. The van der Waals surface area contributed by atoms with E-state index >= 15 is 0 Å². The molecule has 0 unspecified atom stereocenters. The van der Waals surface area contributed by atoms with E-state index in [4.69, 9.17) is 11.6 Å². The van der Waals surface area contributed by atoms with Crippen LogP contribution in [0.25, 0.3) is 10.9 Å². The first-order chi connectivity index (χ1) is 10.6. The van der Waals surface area contributed by atoms with E-state index in [-0.39, 0.29) is 17.5 Å². The summed E-state index contributed by atoms with van der Waals surface area (Å²) < 4.78 is 0. The van der Waals surface area contributed by atoms with E-state index in [1.807, 2.05) is 6.07 Å². The Hall–Kier alpha value is -2.66. The molecule has 0 saturated heterocycles. The molecule has 0 radical (unpaired) electrons. The van der Waals surface area contributed by atoms with Crippen molar-refractivity contribution in [2.75, 3.05) is 0 Å². The summed E-state index contributed by atoms with van der Waals surface area (Å²) in [6.45, 7) is 0.257. The van der Waals surface area contributed by atoms with Gasteiger partial charge < -0.3 is 10.3 Å². The second-order valence-electron chi connectivity index (χ2n) is 4.73. The molecule has 2 heterocycles. The van der Waals surface area contributed by atoms with Crippen molar-refractivity contribution in [1.82, 2.24) is 15.3 Å². The second-order valence-corrected chi connectivity index (χ2v) is 5.16. The third kappa shape index (κ3) is 2.84. The minimum atomic E-state index is -0.450. The van der Waals surface area contributed by atoms with Crippen molar-refractivity contribution in [2.45, 2.75) is 6.54 Å². The molecule has 3 aromatic rings. The molecule has 1 aromatic carbocycles. The van der Waals surface area contributed by atoms with Crippen LogP contribution in [0.5, 0.6) is 0 Å². The number of carbonyl (C=O) groups excluding carboxylic acids is 1. The summed E-state index contributed by atoms with van der Waals surface area (Å²) in [4.78, 5) is 31.6. The van der Waals surface area contributed by atoms with Crippen molar-refractivity contribution < 1.29 is 4.79 Å². The molecule has 0 atom stereocenters. The third-order valence-electron chi connectivity index (χ3n) is 3.24. The number of rotatable bonds is 3. The van der Waals surface area contributed by atoms with Crippen LogP contribution in [-0.4, -0.2) is 15.9 Å². The van der Waals surface area contributed by atoms with Crippen LogP contribution in [0.1, 0.15) is 16.1 Å². The molecule has 0 saturated carbocycles. The molecule has 0 fully saturated rings. The zero-order valence-electron chi connectivity index (χ0n) is 11.5. The maximum atomic E-state index is 12.4. The van der Waals surface area contributed by atoms with Crippen LogP contribution in [0.4, 0.5) is 0 Å². The average Bonchev–Trinajstić information content (AvgIpc) is 2.54. The van der Waals surface area contributed by atoms with E-state index in [0.29, 0.717) is 15.9 Å². The molecule has 0 aliphatic heterocycles. The summed E-state index contributed by atoms with van der Waals surface area (Å²) in [5.41, 5.74) is 1.05. The minimum Gasteiger partial charge on any atom is -0.360 e. The Morgan fingerprint density at radius 2 is 2.14 bits per heavy atom. The molecule has 1 amide bonds. The van der Waals surface area contributed by atoms with Crippen LogP contribution in [0.15, 0.2) is 53.6 Å².